The fraction of sp³-hybridized carbons (Fsp3) is 0.538. The van der Waals surface area contributed by atoms with Crippen molar-refractivity contribution in [2.45, 2.75) is 19.3 Å². The highest BCUT2D eigenvalue weighted by Crippen LogP contribution is 1.99. The van der Waals surface area contributed by atoms with Gasteiger partial charge >= 0.3 is 0 Å². The lowest BCUT2D eigenvalue weighted by atomic mass is 10.3. The topological polar surface area (TPSA) is 80.6 Å². The van der Waals surface area contributed by atoms with Crippen molar-refractivity contribution in [1.82, 2.24) is 10.6 Å². The van der Waals surface area contributed by atoms with Crippen molar-refractivity contribution in [2.24, 2.45) is 0 Å². The zero-order valence-corrected chi connectivity index (χ0v) is 11.1. The molecule has 0 aliphatic rings. The molecule has 0 aliphatic carbocycles. The van der Waals surface area contributed by atoms with Crippen LogP contribution < -0.4 is 10.6 Å². The molecule has 1 heterocycles. The van der Waals surface area contributed by atoms with Gasteiger partial charge in [0, 0.05) is 33.2 Å². The quantitative estimate of drug-likeness (QED) is 0.653. The highest BCUT2D eigenvalue weighted by molar-refractivity contribution is 5.91. The van der Waals surface area contributed by atoms with Gasteiger partial charge in [-0.2, -0.15) is 0 Å². The van der Waals surface area contributed by atoms with Gasteiger partial charge in [-0.1, -0.05) is 0 Å². The van der Waals surface area contributed by atoms with Crippen LogP contribution in [0.2, 0.25) is 0 Å². The Balaban J connectivity index is 2.01. The van der Waals surface area contributed by atoms with Gasteiger partial charge in [-0.15, -0.1) is 0 Å². The first-order chi connectivity index (χ1) is 9.24. The molecule has 2 N–H and O–H groups in total. The molecule has 0 spiro atoms. The molecule has 0 aliphatic heterocycles. The van der Waals surface area contributed by atoms with E-state index in [9.17, 15) is 9.59 Å². The fourth-order valence-corrected chi connectivity index (χ4v) is 1.48. The predicted octanol–water partition coefficient (Wildman–Crippen LogP) is 0.942. The average molecular weight is 268 g/mol. The normalized spacial score (nSPS) is 10.2. The lowest BCUT2D eigenvalue weighted by Gasteiger charge is -2.05. The number of carbonyl (C=O) groups excluding carboxylic acids is 2. The molecule has 0 radical (unpaired) electrons. The summed E-state index contributed by atoms with van der Waals surface area (Å²) in [6.45, 7) is 1.70. The molecular weight excluding hydrogens is 248 g/mol. The molecule has 0 fully saturated rings. The third-order valence-electron chi connectivity index (χ3n) is 2.46. The van der Waals surface area contributed by atoms with Crippen molar-refractivity contribution < 1.29 is 18.7 Å². The number of furan rings is 1. The molecule has 106 valence electrons. The van der Waals surface area contributed by atoms with Gasteiger partial charge in [0.1, 0.15) is 0 Å². The average Bonchev–Trinajstić information content (AvgIpc) is 2.93. The first kappa shape index (κ1) is 15.2. The molecule has 0 atom stereocenters. The van der Waals surface area contributed by atoms with E-state index in [1.54, 1.807) is 19.2 Å². The van der Waals surface area contributed by atoms with E-state index in [2.05, 4.69) is 10.6 Å². The molecule has 0 bridgehead atoms. The molecular formula is C13H20N2O4. The van der Waals surface area contributed by atoms with E-state index in [0.717, 1.165) is 6.42 Å². The summed E-state index contributed by atoms with van der Waals surface area (Å²) in [5.41, 5.74) is 0. The van der Waals surface area contributed by atoms with Crippen LogP contribution in [0.3, 0.4) is 0 Å². The summed E-state index contributed by atoms with van der Waals surface area (Å²) >= 11 is 0. The van der Waals surface area contributed by atoms with Crippen LogP contribution >= 0.6 is 0 Å². The number of methoxy groups -OCH3 is 1. The molecule has 0 saturated heterocycles. The SMILES string of the molecule is COCCCNC(=O)CCCNC(=O)c1ccco1. The summed E-state index contributed by atoms with van der Waals surface area (Å²) in [5, 5.41) is 5.47. The maximum Gasteiger partial charge on any atom is 0.286 e. The van der Waals surface area contributed by atoms with E-state index in [-0.39, 0.29) is 17.6 Å². The van der Waals surface area contributed by atoms with Gasteiger partial charge in [-0.3, -0.25) is 9.59 Å². The molecule has 0 unspecified atom stereocenters. The summed E-state index contributed by atoms with van der Waals surface area (Å²) in [7, 11) is 1.63. The second-order valence-corrected chi connectivity index (χ2v) is 4.03. The molecule has 2 amide bonds. The maximum absolute atomic E-state index is 11.5. The van der Waals surface area contributed by atoms with Gasteiger partial charge in [-0.25, -0.2) is 0 Å². The summed E-state index contributed by atoms with van der Waals surface area (Å²) in [6, 6.07) is 3.25. The number of hydrogen-bond acceptors (Lipinski definition) is 4. The third kappa shape index (κ3) is 6.61. The van der Waals surface area contributed by atoms with Crippen molar-refractivity contribution in [3.63, 3.8) is 0 Å². The van der Waals surface area contributed by atoms with E-state index < -0.39 is 0 Å². The Morgan fingerprint density at radius 2 is 2.05 bits per heavy atom. The summed E-state index contributed by atoms with van der Waals surface area (Å²) in [4.78, 5) is 22.9. The minimum absolute atomic E-state index is 0.0108. The fourth-order valence-electron chi connectivity index (χ4n) is 1.48. The third-order valence-corrected chi connectivity index (χ3v) is 2.46. The van der Waals surface area contributed by atoms with Crippen molar-refractivity contribution in [3.05, 3.63) is 24.2 Å². The van der Waals surface area contributed by atoms with Crippen LogP contribution in [0, 0.1) is 0 Å². The van der Waals surface area contributed by atoms with E-state index in [4.69, 9.17) is 9.15 Å². The van der Waals surface area contributed by atoms with Crippen LogP contribution in [0.1, 0.15) is 29.8 Å². The van der Waals surface area contributed by atoms with Crippen LogP contribution in [0.5, 0.6) is 0 Å². The van der Waals surface area contributed by atoms with E-state index in [0.29, 0.717) is 32.5 Å². The van der Waals surface area contributed by atoms with Gasteiger partial charge < -0.3 is 19.8 Å². The van der Waals surface area contributed by atoms with Gasteiger partial charge in [0.2, 0.25) is 5.91 Å². The van der Waals surface area contributed by atoms with Crippen LogP contribution in [0.4, 0.5) is 0 Å². The predicted molar refractivity (Wildman–Crippen MR) is 69.8 cm³/mol. The lowest BCUT2D eigenvalue weighted by Crippen LogP contribution is -2.28. The molecule has 19 heavy (non-hydrogen) atoms. The van der Waals surface area contributed by atoms with E-state index in [1.165, 1.54) is 6.26 Å². The van der Waals surface area contributed by atoms with E-state index >= 15 is 0 Å². The molecule has 1 aromatic rings. The Kier molecular flexibility index (Phi) is 7.34. The maximum atomic E-state index is 11.5. The number of carbonyl (C=O) groups is 2. The van der Waals surface area contributed by atoms with Crippen molar-refractivity contribution in [2.75, 3.05) is 26.8 Å². The first-order valence-electron chi connectivity index (χ1n) is 6.31. The number of amides is 2. The van der Waals surface area contributed by atoms with Gasteiger partial charge in [0.05, 0.1) is 6.26 Å². The molecule has 6 nitrogen and oxygen atoms in total. The Hall–Kier alpha value is -1.82. The van der Waals surface area contributed by atoms with Crippen LogP contribution in [-0.4, -0.2) is 38.6 Å². The highest BCUT2D eigenvalue weighted by atomic mass is 16.5. The summed E-state index contributed by atoms with van der Waals surface area (Å²) in [5.74, 6) is 0.0119. The van der Waals surface area contributed by atoms with Crippen molar-refractivity contribution in [1.29, 1.82) is 0 Å². The zero-order chi connectivity index (χ0) is 13.9. The number of ether oxygens (including phenoxy) is 1. The number of hydrogen-bond donors (Lipinski definition) is 2. The van der Waals surface area contributed by atoms with Crippen LogP contribution in [0.15, 0.2) is 22.8 Å². The smallest absolute Gasteiger partial charge is 0.286 e. The molecule has 1 rings (SSSR count). The van der Waals surface area contributed by atoms with Crippen LogP contribution in [-0.2, 0) is 9.53 Å². The second kappa shape index (κ2) is 9.16. The Morgan fingerprint density at radius 1 is 1.26 bits per heavy atom. The lowest BCUT2D eigenvalue weighted by molar-refractivity contribution is -0.121. The summed E-state index contributed by atoms with van der Waals surface area (Å²) in [6.07, 6.45) is 3.24. The monoisotopic (exact) mass is 268 g/mol. The molecule has 1 aromatic heterocycles. The Labute approximate surface area is 112 Å². The second-order valence-electron chi connectivity index (χ2n) is 4.03. The molecule has 0 aromatic carbocycles. The number of nitrogens with one attached hydrogen (secondary N) is 2. The standard InChI is InChI=1S/C13H20N2O4/c1-18-9-4-8-14-12(16)6-2-7-15-13(17)11-5-3-10-19-11/h3,5,10H,2,4,6-9H2,1H3,(H,14,16)(H,15,17). The number of rotatable bonds is 9. The minimum atomic E-state index is -0.259. The minimum Gasteiger partial charge on any atom is -0.459 e. The Morgan fingerprint density at radius 3 is 2.74 bits per heavy atom. The largest absolute Gasteiger partial charge is 0.459 e. The first-order valence-corrected chi connectivity index (χ1v) is 6.31. The molecule has 6 heteroatoms. The summed E-state index contributed by atoms with van der Waals surface area (Å²) < 4.78 is 9.82. The highest BCUT2D eigenvalue weighted by Gasteiger charge is 2.07. The van der Waals surface area contributed by atoms with Gasteiger partial charge in [-0.05, 0) is 25.0 Å². The van der Waals surface area contributed by atoms with Crippen molar-refractivity contribution >= 4 is 11.8 Å². The van der Waals surface area contributed by atoms with Gasteiger partial charge in [0.15, 0.2) is 5.76 Å². The van der Waals surface area contributed by atoms with Gasteiger partial charge in [0.25, 0.3) is 5.91 Å². The Bertz CT molecular complexity index is 376. The zero-order valence-electron chi connectivity index (χ0n) is 11.1. The van der Waals surface area contributed by atoms with Crippen molar-refractivity contribution in [3.8, 4) is 0 Å². The molecule has 0 saturated carbocycles. The van der Waals surface area contributed by atoms with E-state index in [1.807, 2.05) is 0 Å². The van der Waals surface area contributed by atoms with Crippen LogP contribution in [0.25, 0.3) is 0 Å².